The quantitative estimate of drug-likeness (QED) is 0.235. The Morgan fingerprint density at radius 3 is 2.36 bits per heavy atom. The number of carbonyl (C=O) groups excluding carboxylic acids is 1. The van der Waals surface area contributed by atoms with Crippen LogP contribution in [0.25, 0.3) is 22.3 Å². The number of rotatable bonds is 7. The predicted molar refractivity (Wildman–Crippen MR) is 159 cm³/mol. The third-order valence-electron chi connectivity index (χ3n) is 6.95. The second-order valence-corrected chi connectivity index (χ2v) is 9.56. The third-order valence-corrected chi connectivity index (χ3v) is 6.95. The van der Waals surface area contributed by atoms with Crippen molar-refractivity contribution in [3.8, 4) is 28.0 Å². The number of hydrogen-bond donors (Lipinski definition) is 2. The van der Waals surface area contributed by atoms with E-state index < -0.39 is 0 Å². The molecule has 0 radical (unpaired) electrons. The Labute approximate surface area is 229 Å². The number of amides is 1. The fourth-order valence-corrected chi connectivity index (χ4v) is 4.98. The summed E-state index contributed by atoms with van der Waals surface area (Å²) >= 11 is 0. The van der Waals surface area contributed by atoms with E-state index in [9.17, 15) is 9.90 Å². The van der Waals surface area contributed by atoms with E-state index in [2.05, 4.69) is 52.1 Å². The van der Waals surface area contributed by atoms with Crippen LogP contribution in [-0.2, 0) is 6.54 Å². The van der Waals surface area contributed by atoms with E-state index in [1.54, 1.807) is 19.5 Å². The number of benzene rings is 4. The Balaban J connectivity index is 1.49. The number of phenols is 1. The van der Waals surface area contributed by atoms with Crippen molar-refractivity contribution in [1.82, 2.24) is 10.2 Å². The Bertz CT molecular complexity index is 1500. The molecule has 0 saturated carbocycles. The van der Waals surface area contributed by atoms with Gasteiger partial charge >= 0.3 is 0 Å². The first kappa shape index (κ1) is 25.8. The minimum Gasteiger partial charge on any atom is -0.506 e. The van der Waals surface area contributed by atoms with Crippen molar-refractivity contribution in [1.29, 1.82) is 0 Å². The van der Waals surface area contributed by atoms with Gasteiger partial charge in [-0.1, -0.05) is 85.4 Å². The third kappa shape index (κ3) is 5.70. The lowest BCUT2D eigenvalue weighted by atomic mass is 10.00. The summed E-state index contributed by atoms with van der Waals surface area (Å²) in [6.07, 6.45) is 1.62. The molecule has 0 saturated heterocycles. The number of para-hydroxylation sites is 1. The van der Waals surface area contributed by atoms with Crippen molar-refractivity contribution in [3.63, 3.8) is 0 Å². The summed E-state index contributed by atoms with van der Waals surface area (Å²) in [5, 5.41) is 14.3. The molecule has 6 heteroatoms. The summed E-state index contributed by atoms with van der Waals surface area (Å²) in [6.45, 7) is 6.26. The SMILES string of the molecule is C=C(CN1CCN(C(=O)c2cccc(-c3ccccc3)c2O)Cc2cc(-c3ccccc3)ccc21)NC=NC. The van der Waals surface area contributed by atoms with E-state index in [1.807, 2.05) is 65.6 Å². The maximum Gasteiger partial charge on any atom is 0.257 e. The van der Waals surface area contributed by atoms with Gasteiger partial charge in [-0.15, -0.1) is 0 Å². The number of nitrogens with zero attached hydrogens (tertiary/aromatic N) is 3. The molecule has 0 bridgehead atoms. The van der Waals surface area contributed by atoms with Gasteiger partial charge in [-0.3, -0.25) is 9.79 Å². The number of aromatic hydroxyl groups is 1. The monoisotopic (exact) mass is 516 g/mol. The van der Waals surface area contributed by atoms with Crippen LogP contribution < -0.4 is 10.2 Å². The van der Waals surface area contributed by atoms with Crippen LogP contribution in [0.3, 0.4) is 0 Å². The van der Waals surface area contributed by atoms with Gasteiger partial charge in [0.1, 0.15) is 5.75 Å². The smallest absolute Gasteiger partial charge is 0.257 e. The van der Waals surface area contributed by atoms with E-state index in [0.29, 0.717) is 37.3 Å². The Morgan fingerprint density at radius 1 is 0.923 bits per heavy atom. The second-order valence-electron chi connectivity index (χ2n) is 9.56. The minimum absolute atomic E-state index is 0.00416. The van der Waals surface area contributed by atoms with E-state index >= 15 is 0 Å². The predicted octanol–water partition coefficient (Wildman–Crippen LogP) is 5.95. The van der Waals surface area contributed by atoms with Gasteiger partial charge in [0.25, 0.3) is 5.91 Å². The molecular weight excluding hydrogens is 484 g/mol. The summed E-state index contributed by atoms with van der Waals surface area (Å²) in [6, 6.07) is 31.6. The van der Waals surface area contributed by atoms with Gasteiger partial charge in [0.05, 0.1) is 18.4 Å². The summed E-state index contributed by atoms with van der Waals surface area (Å²) < 4.78 is 0. The molecule has 1 amide bonds. The van der Waals surface area contributed by atoms with Crippen molar-refractivity contribution >= 4 is 17.9 Å². The van der Waals surface area contributed by atoms with E-state index in [1.165, 1.54) is 0 Å². The first-order valence-corrected chi connectivity index (χ1v) is 13.0. The molecule has 39 heavy (non-hydrogen) atoms. The van der Waals surface area contributed by atoms with Crippen LogP contribution in [0, 0.1) is 0 Å². The average Bonchev–Trinajstić information content (AvgIpc) is 3.15. The van der Waals surface area contributed by atoms with Crippen LogP contribution in [0.2, 0.25) is 0 Å². The molecule has 2 N–H and O–H groups in total. The fourth-order valence-electron chi connectivity index (χ4n) is 4.98. The first-order valence-electron chi connectivity index (χ1n) is 13.0. The highest BCUT2D eigenvalue weighted by Crippen LogP contribution is 2.35. The first-order chi connectivity index (χ1) is 19.0. The molecule has 6 nitrogen and oxygen atoms in total. The summed E-state index contributed by atoms with van der Waals surface area (Å²) in [4.78, 5) is 21.9. The average molecular weight is 517 g/mol. The maximum atomic E-state index is 13.9. The minimum atomic E-state index is -0.196. The number of nitrogens with one attached hydrogen (secondary N) is 1. The number of fused-ring (bicyclic) bond motifs is 1. The topological polar surface area (TPSA) is 68.2 Å². The summed E-state index contributed by atoms with van der Waals surface area (Å²) in [5.74, 6) is -0.192. The number of anilines is 1. The Hall–Kier alpha value is -4.84. The fraction of sp³-hybridized carbons (Fsp3) is 0.152. The largest absolute Gasteiger partial charge is 0.506 e. The Kier molecular flexibility index (Phi) is 7.73. The van der Waals surface area contributed by atoms with Gasteiger partial charge in [-0.05, 0) is 40.5 Å². The van der Waals surface area contributed by atoms with Crippen molar-refractivity contribution < 1.29 is 9.90 Å². The van der Waals surface area contributed by atoms with Gasteiger partial charge in [0.2, 0.25) is 0 Å². The van der Waals surface area contributed by atoms with Crippen LogP contribution >= 0.6 is 0 Å². The number of aliphatic imine (C=N–C) groups is 1. The van der Waals surface area contributed by atoms with Gasteiger partial charge < -0.3 is 20.2 Å². The molecule has 4 aromatic carbocycles. The van der Waals surface area contributed by atoms with E-state index in [-0.39, 0.29) is 11.7 Å². The molecule has 1 heterocycles. The molecule has 0 aromatic heterocycles. The van der Waals surface area contributed by atoms with E-state index in [4.69, 9.17) is 0 Å². The Morgan fingerprint density at radius 2 is 1.64 bits per heavy atom. The number of phenolic OH excluding ortho intramolecular Hbond substituents is 1. The molecule has 196 valence electrons. The van der Waals surface area contributed by atoms with Crippen LogP contribution in [0.5, 0.6) is 5.75 Å². The maximum absolute atomic E-state index is 13.9. The molecule has 1 aliphatic rings. The zero-order chi connectivity index (χ0) is 27.2. The van der Waals surface area contributed by atoms with Crippen molar-refractivity contribution in [2.45, 2.75) is 6.54 Å². The van der Waals surface area contributed by atoms with Gasteiger partial charge in [0, 0.05) is 43.6 Å². The summed E-state index contributed by atoms with van der Waals surface area (Å²) in [5.41, 5.74) is 6.93. The van der Waals surface area contributed by atoms with Crippen LogP contribution in [-0.4, -0.2) is 48.9 Å². The zero-order valence-corrected chi connectivity index (χ0v) is 22.0. The second kappa shape index (κ2) is 11.7. The van der Waals surface area contributed by atoms with Crippen LogP contribution in [0.1, 0.15) is 15.9 Å². The van der Waals surface area contributed by atoms with Gasteiger partial charge in [-0.2, -0.15) is 0 Å². The van der Waals surface area contributed by atoms with E-state index in [0.717, 1.165) is 33.6 Å². The van der Waals surface area contributed by atoms with Gasteiger partial charge in [0.15, 0.2) is 0 Å². The van der Waals surface area contributed by atoms with Crippen molar-refractivity contribution in [3.05, 3.63) is 120 Å². The zero-order valence-electron chi connectivity index (χ0n) is 22.0. The van der Waals surface area contributed by atoms with Crippen molar-refractivity contribution in [2.24, 2.45) is 4.99 Å². The highest BCUT2D eigenvalue weighted by molar-refractivity contribution is 5.99. The lowest BCUT2D eigenvalue weighted by molar-refractivity contribution is 0.0748. The number of carbonyl (C=O) groups is 1. The molecule has 0 atom stereocenters. The van der Waals surface area contributed by atoms with Gasteiger partial charge in [-0.25, -0.2) is 0 Å². The highest BCUT2D eigenvalue weighted by Gasteiger charge is 2.27. The molecule has 0 aliphatic carbocycles. The molecule has 0 unspecified atom stereocenters. The standard InChI is InChI=1S/C33H32N4O2/c1-24(35-23-34-2)21-36-18-19-37(22-28-20-27(16-17-31(28)36)25-10-5-3-6-11-25)33(39)30-15-9-14-29(32(30)38)26-12-7-4-8-13-26/h3-17,20,23,38H,1,18-19,21-22H2,2H3,(H,34,35). The lowest BCUT2D eigenvalue weighted by Crippen LogP contribution is -2.37. The normalized spacial score (nSPS) is 13.2. The molecule has 4 aromatic rings. The molecule has 0 fully saturated rings. The van der Waals surface area contributed by atoms with Crippen molar-refractivity contribution in [2.75, 3.05) is 31.6 Å². The summed E-state index contributed by atoms with van der Waals surface area (Å²) in [7, 11) is 1.71. The molecule has 0 spiro atoms. The molecule has 1 aliphatic heterocycles. The lowest BCUT2D eigenvalue weighted by Gasteiger charge is -2.26. The van der Waals surface area contributed by atoms with Crippen LogP contribution in [0.15, 0.2) is 114 Å². The highest BCUT2D eigenvalue weighted by atomic mass is 16.3. The number of hydrogen-bond acceptors (Lipinski definition) is 4. The molecule has 5 rings (SSSR count). The van der Waals surface area contributed by atoms with Crippen LogP contribution in [0.4, 0.5) is 5.69 Å². The molecular formula is C33H32N4O2.